The van der Waals surface area contributed by atoms with E-state index in [1.807, 2.05) is 36.4 Å². The summed E-state index contributed by atoms with van der Waals surface area (Å²) in [7, 11) is 1.47. The third-order valence-electron chi connectivity index (χ3n) is 5.39. The Morgan fingerprint density at radius 1 is 1.28 bits per heavy atom. The van der Waals surface area contributed by atoms with Crippen LogP contribution < -0.4 is 15.5 Å². The number of carbonyl (C=O) groups excluding carboxylic acids is 1. The predicted molar refractivity (Wildman–Crippen MR) is 130 cm³/mol. The Balaban J connectivity index is 1.74. The SMILES string of the molecule is CCn1cccc1[C@@H]1[C@H](c2ccccn2)NC(=S)N1c1ccc(NC(=O)COC)c(Cl)c1. The molecule has 166 valence electrons. The molecule has 9 heteroatoms. The van der Waals surface area contributed by atoms with E-state index in [2.05, 4.69) is 44.3 Å². The van der Waals surface area contributed by atoms with E-state index >= 15 is 0 Å². The number of hydrogen-bond acceptors (Lipinski definition) is 4. The van der Waals surface area contributed by atoms with Gasteiger partial charge in [0.15, 0.2) is 5.11 Å². The van der Waals surface area contributed by atoms with Crippen molar-refractivity contribution in [2.24, 2.45) is 0 Å². The lowest BCUT2D eigenvalue weighted by molar-refractivity contribution is -0.119. The number of aromatic nitrogens is 2. The number of nitrogens with one attached hydrogen (secondary N) is 2. The zero-order valence-corrected chi connectivity index (χ0v) is 19.4. The maximum Gasteiger partial charge on any atom is 0.250 e. The Morgan fingerprint density at radius 3 is 2.81 bits per heavy atom. The van der Waals surface area contributed by atoms with Gasteiger partial charge in [-0.2, -0.15) is 0 Å². The summed E-state index contributed by atoms with van der Waals surface area (Å²) in [5.74, 6) is -0.269. The smallest absolute Gasteiger partial charge is 0.250 e. The summed E-state index contributed by atoms with van der Waals surface area (Å²) in [6, 6.07) is 15.2. The second-order valence-electron chi connectivity index (χ2n) is 7.36. The summed E-state index contributed by atoms with van der Waals surface area (Å²) in [5.41, 5.74) is 3.36. The van der Waals surface area contributed by atoms with Gasteiger partial charge in [-0.1, -0.05) is 17.7 Å². The van der Waals surface area contributed by atoms with Gasteiger partial charge < -0.3 is 24.8 Å². The molecule has 7 nitrogen and oxygen atoms in total. The molecule has 2 aromatic heterocycles. The van der Waals surface area contributed by atoms with Gasteiger partial charge in [-0.15, -0.1) is 0 Å². The number of methoxy groups -OCH3 is 1. The van der Waals surface area contributed by atoms with Crippen LogP contribution in [0, 0.1) is 0 Å². The number of benzene rings is 1. The van der Waals surface area contributed by atoms with Crippen molar-refractivity contribution in [1.82, 2.24) is 14.9 Å². The quantitative estimate of drug-likeness (QED) is 0.502. The molecule has 3 aromatic rings. The van der Waals surface area contributed by atoms with Crippen LogP contribution in [0.15, 0.2) is 60.9 Å². The molecule has 3 heterocycles. The number of hydrogen-bond donors (Lipinski definition) is 2. The van der Waals surface area contributed by atoms with E-state index in [0.717, 1.165) is 23.6 Å². The minimum Gasteiger partial charge on any atom is -0.375 e. The third kappa shape index (κ3) is 4.34. The topological polar surface area (TPSA) is 71.4 Å². The van der Waals surface area contributed by atoms with Crippen LogP contribution in [-0.2, 0) is 16.1 Å². The molecular weight excluding hydrogens is 446 g/mol. The number of nitrogens with zero attached hydrogens (tertiary/aromatic N) is 3. The first-order valence-electron chi connectivity index (χ1n) is 10.3. The Morgan fingerprint density at radius 2 is 2.12 bits per heavy atom. The average molecular weight is 470 g/mol. The molecule has 32 heavy (non-hydrogen) atoms. The fourth-order valence-corrected chi connectivity index (χ4v) is 4.56. The summed E-state index contributed by atoms with van der Waals surface area (Å²) in [5, 5.41) is 7.20. The molecule has 2 atom stereocenters. The van der Waals surface area contributed by atoms with Crippen LogP contribution in [0.3, 0.4) is 0 Å². The molecule has 1 fully saturated rings. The highest BCUT2D eigenvalue weighted by molar-refractivity contribution is 7.80. The van der Waals surface area contributed by atoms with Crippen molar-refractivity contribution in [1.29, 1.82) is 0 Å². The molecule has 0 radical (unpaired) electrons. The molecular formula is C23H24ClN5O2S. The van der Waals surface area contributed by atoms with E-state index in [1.165, 1.54) is 7.11 Å². The number of aryl methyl sites for hydroxylation is 1. The second kappa shape index (κ2) is 9.68. The van der Waals surface area contributed by atoms with Crippen molar-refractivity contribution < 1.29 is 9.53 Å². The van der Waals surface area contributed by atoms with Crippen LogP contribution in [0.1, 0.15) is 30.4 Å². The third-order valence-corrected chi connectivity index (χ3v) is 6.01. The lowest BCUT2D eigenvalue weighted by Crippen LogP contribution is -2.30. The maximum atomic E-state index is 11.9. The lowest BCUT2D eigenvalue weighted by atomic mass is 10.0. The summed E-state index contributed by atoms with van der Waals surface area (Å²) < 4.78 is 7.07. The second-order valence-corrected chi connectivity index (χ2v) is 8.15. The summed E-state index contributed by atoms with van der Waals surface area (Å²) in [6.07, 6.45) is 3.85. The largest absolute Gasteiger partial charge is 0.375 e. The highest BCUT2D eigenvalue weighted by Crippen LogP contribution is 2.42. The van der Waals surface area contributed by atoms with Gasteiger partial charge in [0.2, 0.25) is 5.91 Å². The minimum absolute atomic E-state index is 0.0416. The van der Waals surface area contributed by atoms with E-state index in [9.17, 15) is 4.79 Å². The molecule has 1 aliphatic rings. The number of amides is 1. The Hall–Kier alpha value is -2.94. The van der Waals surface area contributed by atoms with Gasteiger partial charge in [0.05, 0.1) is 22.4 Å². The van der Waals surface area contributed by atoms with Gasteiger partial charge >= 0.3 is 0 Å². The molecule has 1 aromatic carbocycles. The number of pyridine rings is 1. The molecule has 0 saturated carbocycles. The molecule has 0 unspecified atom stereocenters. The number of thiocarbonyl (C=S) groups is 1. The zero-order valence-electron chi connectivity index (χ0n) is 17.8. The number of carbonyl (C=O) groups is 1. The first-order valence-corrected chi connectivity index (χ1v) is 11.1. The number of halogens is 1. The van der Waals surface area contributed by atoms with Gasteiger partial charge in [-0.25, -0.2) is 0 Å². The first-order chi connectivity index (χ1) is 15.5. The van der Waals surface area contributed by atoms with E-state index in [0.29, 0.717) is 15.8 Å². The van der Waals surface area contributed by atoms with E-state index in [4.69, 9.17) is 28.6 Å². The van der Waals surface area contributed by atoms with Crippen LogP contribution in [0.2, 0.25) is 5.02 Å². The molecule has 1 saturated heterocycles. The van der Waals surface area contributed by atoms with E-state index < -0.39 is 0 Å². The molecule has 0 spiro atoms. The Bertz CT molecular complexity index is 1120. The standard InChI is InChI=1S/C23H24ClN5O2S/c1-3-28-12-6-8-19(28)22-21(18-7-4-5-11-25-18)27-23(32)29(22)15-9-10-17(16(24)13-15)26-20(30)14-31-2/h4-13,21-22H,3,14H2,1-2H3,(H,26,30)(H,27,32)/t21-,22+/m0/s1. The van der Waals surface area contributed by atoms with Crippen molar-refractivity contribution in [3.8, 4) is 0 Å². The molecule has 1 aliphatic heterocycles. The van der Waals surface area contributed by atoms with E-state index in [-0.39, 0.29) is 24.6 Å². The normalized spacial score (nSPS) is 18.0. The summed E-state index contributed by atoms with van der Waals surface area (Å²) >= 11 is 12.3. The number of ether oxygens (including phenoxy) is 1. The molecule has 1 amide bonds. The minimum atomic E-state index is -0.269. The van der Waals surface area contributed by atoms with Crippen molar-refractivity contribution in [3.05, 3.63) is 77.3 Å². The maximum absolute atomic E-state index is 11.9. The Kier molecular flexibility index (Phi) is 6.74. The Labute approximate surface area is 197 Å². The highest BCUT2D eigenvalue weighted by atomic mass is 35.5. The molecule has 4 rings (SSSR count). The van der Waals surface area contributed by atoms with Crippen molar-refractivity contribution in [2.75, 3.05) is 23.9 Å². The fourth-order valence-electron chi connectivity index (χ4n) is 3.99. The van der Waals surface area contributed by atoms with E-state index in [1.54, 1.807) is 12.3 Å². The summed E-state index contributed by atoms with van der Waals surface area (Å²) in [6.45, 7) is 2.90. The van der Waals surface area contributed by atoms with Gasteiger partial charge in [0, 0.05) is 37.4 Å². The van der Waals surface area contributed by atoms with Crippen molar-refractivity contribution in [3.63, 3.8) is 0 Å². The molecule has 0 bridgehead atoms. The zero-order chi connectivity index (χ0) is 22.7. The fraction of sp³-hybridized carbons (Fsp3) is 0.261. The molecule has 0 aliphatic carbocycles. The lowest BCUT2D eigenvalue weighted by Gasteiger charge is -2.29. The van der Waals surface area contributed by atoms with Gasteiger partial charge in [0.25, 0.3) is 0 Å². The van der Waals surface area contributed by atoms with Crippen LogP contribution in [0.25, 0.3) is 0 Å². The van der Waals surface area contributed by atoms with Crippen molar-refractivity contribution in [2.45, 2.75) is 25.6 Å². The van der Waals surface area contributed by atoms with Crippen LogP contribution in [-0.4, -0.2) is 34.3 Å². The average Bonchev–Trinajstić information content (AvgIpc) is 3.39. The highest BCUT2D eigenvalue weighted by Gasteiger charge is 2.42. The van der Waals surface area contributed by atoms with Gasteiger partial charge in [-0.3, -0.25) is 9.78 Å². The monoisotopic (exact) mass is 469 g/mol. The van der Waals surface area contributed by atoms with Gasteiger partial charge in [-0.05, 0) is 61.6 Å². The molecule has 2 N–H and O–H groups in total. The predicted octanol–water partition coefficient (Wildman–Crippen LogP) is 4.32. The summed E-state index contributed by atoms with van der Waals surface area (Å²) in [4.78, 5) is 18.5. The van der Waals surface area contributed by atoms with Crippen molar-refractivity contribution >= 4 is 46.2 Å². The van der Waals surface area contributed by atoms with Crippen LogP contribution >= 0.6 is 23.8 Å². The number of rotatable bonds is 7. The van der Waals surface area contributed by atoms with Gasteiger partial charge in [0.1, 0.15) is 12.6 Å². The number of anilines is 2. The van der Waals surface area contributed by atoms with Crippen LogP contribution in [0.4, 0.5) is 11.4 Å². The first kappa shape index (κ1) is 22.3. The van der Waals surface area contributed by atoms with Crippen LogP contribution in [0.5, 0.6) is 0 Å².